The third kappa shape index (κ3) is 3.86. The fourth-order valence-corrected chi connectivity index (χ4v) is 3.08. The lowest BCUT2D eigenvalue weighted by Crippen LogP contribution is -2.48. The van der Waals surface area contributed by atoms with E-state index in [0.29, 0.717) is 30.8 Å². The van der Waals surface area contributed by atoms with Crippen molar-refractivity contribution in [2.45, 2.75) is 25.1 Å². The number of nitriles is 1. The van der Waals surface area contributed by atoms with Crippen LogP contribution in [0.4, 0.5) is 24.7 Å². The molecule has 1 aromatic carbocycles. The van der Waals surface area contributed by atoms with Crippen molar-refractivity contribution < 1.29 is 22.7 Å². The second-order valence-corrected chi connectivity index (χ2v) is 6.20. The zero-order chi connectivity index (χ0) is 20.3. The summed E-state index contributed by atoms with van der Waals surface area (Å²) in [5, 5.41) is 11.9. The van der Waals surface area contributed by atoms with Crippen molar-refractivity contribution in [2.24, 2.45) is 0 Å². The number of methoxy groups -OCH3 is 1. The van der Waals surface area contributed by atoms with Crippen molar-refractivity contribution in [1.29, 1.82) is 5.26 Å². The minimum absolute atomic E-state index is 0.0600. The molecule has 0 unspecified atom stereocenters. The summed E-state index contributed by atoms with van der Waals surface area (Å²) in [5.41, 5.74) is -0.604. The molecular formula is C19H17F3N4O2. The second kappa shape index (κ2) is 7.76. The van der Waals surface area contributed by atoms with Gasteiger partial charge in [0.2, 0.25) is 5.91 Å². The van der Waals surface area contributed by atoms with Gasteiger partial charge in [0.05, 0.1) is 18.4 Å². The van der Waals surface area contributed by atoms with Gasteiger partial charge in [-0.3, -0.25) is 4.79 Å². The number of piperidine rings is 1. The Morgan fingerprint density at radius 1 is 1.29 bits per heavy atom. The lowest BCUT2D eigenvalue weighted by Gasteiger charge is -2.33. The first kappa shape index (κ1) is 19.5. The summed E-state index contributed by atoms with van der Waals surface area (Å²) in [6.07, 6.45) is -3.61. The maximum Gasteiger partial charge on any atom is 0.433 e. The number of anilines is 2. The average molecular weight is 390 g/mol. The maximum absolute atomic E-state index is 13.0. The van der Waals surface area contributed by atoms with Crippen LogP contribution in [0.15, 0.2) is 36.4 Å². The summed E-state index contributed by atoms with van der Waals surface area (Å²) in [6, 6.07) is 9.79. The molecule has 146 valence electrons. The molecule has 0 bridgehead atoms. The van der Waals surface area contributed by atoms with Crippen LogP contribution in [0.2, 0.25) is 0 Å². The number of nitrogens with one attached hydrogen (secondary N) is 1. The Bertz CT molecular complexity index is 924. The number of para-hydroxylation sites is 2. The summed E-state index contributed by atoms with van der Waals surface area (Å²) in [5.74, 6) is -0.0530. The molecule has 2 heterocycles. The standard InChI is InChI=1S/C19H17F3N4O2/c1-28-15-7-3-2-6-14(15)26-10-4-5-13(18(26)27)24-17-12(11-23)8-9-16(25-17)19(20,21)22/h2-3,6-9,13H,4-5,10H2,1H3,(H,24,25)/t13-/m1/s1. The van der Waals surface area contributed by atoms with E-state index in [1.165, 1.54) is 12.0 Å². The van der Waals surface area contributed by atoms with E-state index in [4.69, 9.17) is 4.74 Å². The largest absolute Gasteiger partial charge is 0.495 e. The summed E-state index contributed by atoms with van der Waals surface area (Å²) in [6.45, 7) is 0.457. The molecule has 9 heteroatoms. The Morgan fingerprint density at radius 3 is 2.71 bits per heavy atom. The monoisotopic (exact) mass is 390 g/mol. The molecule has 3 rings (SSSR count). The van der Waals surface area contributed by atoms with Crippen LogP contribution >= 0.6 is 0 Å². The smallest absolute Gasteiger partial charge is 0.433 e. The molecule has 0 radical (unpaired) electrons. The van der Waals surface area contributed by atoms with E-state index < -0.39 is 17.9 Å². The predicted octanol–water partition coefficient (Wildman–Crippen LogP) is 3.59. The fourth-order valence-electron chi connectivity index (χ4n) is 3.08. The molecule has 2 aromatic rings. The third-order valence-electron chi connectivity index (χ3n) is 4.43. The number of ether oxygens (including phenoxy) is 1. The zero-order valence-corrected chi connectivity index (χ0v) is 15.0. The SMILES string of the molecule is COc1ccccc1N1CCC[C@@H](Nc2nc(C(F)(F)F)ccc2C#N)C1=O. The number of amides is 1. The first-order valence-electron chi connectivity index (χ1n) is 8.54. The molecule has 1 fully saturated rings. The van der Waals surface area contributed by atoms with Gasteiger partial charge in [-0.2, -0.15) is 18.4 Å². The van der Waals surface area contributed by atoms with Crippen molar-refractivity contribution in [1.82, 2.24) is 4.98 Å². The van der Waals surface area contributed by atoms with Crippen LogP contribution in [-0.2, 0) is 11.0 Å². The Labute approximate surface area is 159 Å². The molecule has 6 nitrogen and oxygen atoms in total. The van der Waals surface area contributed by atoms with E-state index in [-0.39, 0.29) is 17.3 Å². The van der Waals surface area contributed by atoms with Gasteiger partial charge in [-0.15, -0.1) is 0 Å². The van der Waals surface area contributed by atoms with Gasteiger partial charge >= 0.3 is 6.18 Å². The first-order chi connectivity index (χ1) is 13.3. The van der Waals surface area contributed by atoms with E-state index in [0.717, 1.165) is 12.1 Å². The number of aromatic nitrogens is 1. The molecule has 1 N–H and O–H groups in total. The van der Waals surface area contributed by atoms with Gasteiger partial charge in [-0.05, 0) is 37.1 Å². The Hall–Kier alpha value is -3.28. The number of carbonyl (C=O) groups excluding carboxylic acids is 1. The number of hydrogen-bond donors (Lipinski definition) is 1. The Morgan fingerprint density at radius 2 is 2.04 bits per heavy atom. The first-order valence-corrected chi connectivity index (χ1v) is 8.54. The zero-order valence-electron chi connectivity index (χ0n) is 15.0. The summed E-state index contributed by atoms with van der Waals surface area (Å²) in [7, 11) is 1.49. The highest BCUT2D eigenvalue weighted by atomic mass is 19.4. The Kier molecular flexibility index (Phi) is 5.40. The number of rotatable bonds is 4. The fraction of sp³-hybridized carbons (Fsp3) is 0.316. The number of nitrogens with zero attached hydrogens (tertiary/aromatic N) is 3. The molecule has 1 aliphatic rings. The maximum atomic E-state index is 13.0. The van der Waals surface area contributed by atoms with Crippen molar-refractivity contribution in [3.63, 3.8) is 0 Å². The van der Waals surface area contributed by atoms with Gasteiger partial charge in [0.1, 0.15) is 29.4 Å². The number of halogens is 3. The van der Waals surface area contributed by atoms with Crippen LogP contribution in [0.3, 0.4) is 0 Å². The van der Waals surface area contributed by atoms with Crippen LogP contribution in [0.25, 0.3) is 0 Å². The molecule has 1 saturated heterocycles. The van der Waals surface area contributed by atoms with Crippen molar-refractivity contribution in [3.8, 4) is 11.8 Å². The van der Waals surface area contributed by atoms with Gasteiger partial charge in [0.25, 0.3) is 0 Å². The van der Waals surface area contributed by atoms with E-state index in [1.807, 2.05) is 0 Å². The molecule has 1 atom stereocenters. The molecule has 1 aliphatic heterocycles. The summed E-state index contributed by atoms with van der Waals surface area (Å²) >= 11 is 0. The van der Waals surface area contributed by atoms with Gasteiger partial charge in [-0.25, -0.2) is 4.98 Å². The molecule has 28 heavy (non-hydrogen) atoms. The number of carbonyl (C=O) groups is 1. The van der Waals surface area contributed by atoms with E-state index in [9.17, 15) is 23.2 Å². The van der Waals surface area contributed by atoms with Crippen molar-refractivity contribution >= 4 is 17.4 Å². The number of benzene rings is 1. The van der Waals surface area contributed by atoms with Gasteiger partial charge in [0.15, 0.2) is 0 Å². The number of pyridine rings is 1. The highest BCUT2D eigenvalue weighted by molar-refractivity contribution is 6.00. The minimum atomic E-state index is -4.65. The lowest BCUT2D eigenvalue weighted by atomic mass is 10.0. The van der Waals surface area contributed by atoms with E-state index in [2.05, 4.69) is 10.3 Å². The number of alkyl halides is 3. The highest BCUT2D eigenvalue weighted by Gasteiger charge is 2.35. The van der Waals surface area contributed by atoms with Crippen LogP contribution in [0, 0.1) is 11.3 Å². The van der Waals surface area contributed by atoms with Crippen LogP contribution in [0.1, 0.15) is 24.1 Å². The van der Waals surface area contributed by atoms with Crippen molar-refractivity contribution in [2.75, 3.05) is 23.9 Å². The minimum Gasteiger partial charge on any atom is -0.495 e. The quantitative estimate of drug-likeness (QED) is 0.863. The van der Waals surface area contributed by atoms with Crippen LogP contribution in [-0.4, -0.2) is 30.6 Å². The van der Waals surface area contributed by atoms with Gasteiger partial charge < -0.3 is 15.0 Å². The van der Waals surface area contributed by atoms with Gasteiger partial charge in [0, 0.05) is 6.54 Å². The molecular weight excluding hydrogens is 373 g/mol. The topological polar surface area (TPSA) is 78.2 Å². The van der Waals surface area contributed by atoms with Crippen LogP contribution in [0.5, 0.6) is 5.75 Å². The summed E-state index contributed by atoms with van der Waals surface area (Å²) < 4.78 is 44.2. The molecule has 1 aromatic heterocycles. The van der Waals surface area contributed by atoms with E-state index in [1.54, 1.807) is 30.3 Å². The van der Waals surface area contributed by atoms with Crippen molar-refractivity contribution in [3.05, 3.63) is 47.7 Å². The van der Waals surface area contributed by atoms with E-state index >= 15 is 0 Å². The summed E-state index contributed by atoms with van der Waals surface area (Å²) in [4.78, 5) is 18.0. The highest BCUT2D eigenvalue weighted by Crippen LogP contribution is 2.32. The molecule has 1 amide bonds. The van der Waals surface area contributed by atoms with Gasteiger partial charge in [-0.1, -0.05) is 12.1 Å². The third-order valence-corrected chi connectivity index (χ3v) is 4.43. The molecule has 0 saturated carbocycles. The normalized spacial score (nSPS) is 17.2. The second-order valence-electron chi connectivity index (χ2n) is 6.20. The predicted molar refractivity (Wildman–Crippen MR) is 95.9 cm³/mol. The average Bonchev–Trinajstić information content (AvgIpc) is 2.69. The number of hydrogen-bond acceptors (Lipinski definition) is 5. The molecule has 0 spiro atoms. The van der Waals surface area contributed by atoms with Crippen LogP contribution < -0.4 is 15.0 Å². The lowest BCUT2D eigenvalue weighted by molar-refractivity contribution is -0.141. The Balaban J connectivity index is 1.89. The molecule has 0 aliphatic carbocycles.